The molecule has 0 spiro atoms. The number of ether oxygens (including phenoxy) is 1. The molecule has 0 fully saturated rings. The predicted molar refractivity (Wildman–Crippen MR) is 61.1 cm³/mol. The van der Waals surface area contributed by atoms with Crippen LogP contribution in [0.1, 0.15) is 18.9 Å². The van der Waals surface area contributed by atoms with Gasteiger partial charge in [0.1, 0.15) is 0 Å². The summed E-state index contributed by atoms with van der Waals surface area (Å²) in [5, 5.41) is 2.55. The van der Waals surface area contributed by atoms with Gasteiger partial charge in [0.05, 0.1) is 6.61 Å². The second kappa shape index (κ2) is 6.61. The number of amides is 1. The second-order valence-corrected chi connectivity index (χ2v) is 3.26. The van der Waals surface area contributed by atoms with E-state index in [4.69, 9.17) is 4.74 Å². The van der Waals surface area contributed by atoms with E-state index in [0.717, 1.165) is 11.3 Å². The SMILES string of the molecule is CCOC(=O)CCc1ccc(NC=O)cc1. The molecule has 0 saturated carbocycles. The number of hydrogen-bond acceptors (Lipinski definition) is 3. The zero-order chi connectivity index (χ0) is 11.8. The molecule has 1 amide bonds. The minimum absolute atomic E-state index is 0.183. The third-order valence-corrected chi connectivity index (χ3v) is 2.10. The summed E-state index contributed by atoms with van der Waals surface area (Å²) in [7, 11) is 0. The van der Waals surface area contributed by atoms with Crippen molar-refractivity contribution in [3.05, 3.63) is 29.8 Å². The Morgan fingerprint density at radius 3 is 2.62 bits per heavy atom. The first kappa shape index (κ1) is 12.2. The molecular formula is C12H15NO3. The highest BCUT2D eigenvalue weighted by molar-refractivity contribution is 5.71. The molecule has 4 nitrogen and oxygen atoms in total. The fourth-order valence-electron chi connectivity index (χ4n) is 1.32. The summed E-state index contributed by atoms with van der Waals surface area (Å²) in [4.78, 5) is 21.3. The largest absolute Gasteiger partial charge is 0.466 e. The highest BCUT2D eigenvalue weighted by Gasteiger charge is 2.02. The van der Waals surface area contributed by atoms with E-state index in [-0.39, 0.29) is 5.97 Å². The molecule has 86 valence electrons. The van der Waals surface area contributed by atoms with Crippen LogP contribution < -0.4 is 5.32 Å². The van der Waals surface area contributed by atoms with Crippen LogP contribution >= 0.6 is 0 Å². The predicted octanol–water partition coefficient (Wildman–Crippen LogP) is 1.75. The Morgan fingerprint density at radius 1 is 1.38 bits per heavy atom. The van der Waals surface area contributed by atoms with E-state index < -0.39 is 0 Å². The maximum absolute atomic E-state index is 11.1. The third kappa shape index (κ3) is 4.13. The van der Waals surface area contributed by atoms with Crippen LogP contribution in [-0.2, 0) is 20.7 Å². The normalized spacial score (nSPS) is 9.56. The number of carbonyl (C=O) groups is 2. The summed E-state index contributed by atoms with van der Waals surface area (Å²) in [5.74, 6) is -0.183. The van der Waals surface area contributed by atoms with Crippen molar-refractivity contribution in [3.63, 3.8) is 0 Å². The van der Waals surface area contributed by atoms with Crippen LogP contribution in [0.15, 0.2) is 24.3 Å². The average Bonchev–Trinajstić information content (AvgIpc) is 2.29. The Hall–Kier alpha value is -1.84. The summed E-state index contributed by atoms with van der Waals surface area (Å²) in [6, 6.07) is 7.36. The lowest BCUT2D eigenvalue weighted by atomic mass is 10.1. The van der Waals surface area contributed by atoms with Crippen LogP contribution in [0.25, 0.3) is 0 Å². The molecule has 4 heteroatoms. The van der Waals surface area contributed by atoms with E-state index in [1.807, 2.05) is 12.1 Å². The summed E-state index contributed by atoms with van der Waals surface area (Å²) >= 11 is 0. The number of aryl methyl sites for hydroxylation is 1. The first-order valence-corrected chi connectivity index (χ1v) is 5.21. The highest BCUT2D eigenvalue weighted by Crippen LogP contribution is 2.10. The molecule has 1 aromatic rings. The van der Waals surface area contributed by atoms with Gasteiger partial charge in [-0.05, 0) is 31.0 Å². The minimum atomic E-state index is -0.183. The molecule has 16 heavy (non-hydrogen) atoms. The van der Waals surface area contributed by atoms with Gasteiger partial charge in [-0.2, -0.15) is 0 Å². The number of hydrogen-bond donors (Lipinski definition) is 1. The summed E-state index contributed by atoms with van der Waals surface area (Å²) < 4.78 is 4.83. The smallest absolute Gasteiger partial charge is 0.306 e. The lowest BCUT2D eigenvalue weighted by Gasteiger charge is -2.03. The van der Waals surface area contributed by atoms with E-state index >= 15 is 0 Å². The number of benzene rings is 1. The molecule has 0 aliphatic rings. The van der Waals surface area contributed by atoms with Crippen molar-refractivity contribution < 1.29 is 14.3 Å². The first-order chi connectivity index (χ1) is 7.76. The second-order valence-electron chi connectivity index (χ2n) is 3.26. The first-order valence-electron chi connectivity index (χ1n) is 5.21. The molecule has 0 aliphatic heterocycles. The fraction of sp³-hybridized carbons (Fsp3) is 0.333. The quantitative estimate of drug-likeness (QED) is 0.588. The molecule has 0 heterocycles. The van der Waals surface area contributed by atoms with E-state index in [9.17, 15) is 9.59 Å². The molecule has 1 rings (SSSR count). The molecule has 0 saturated heterocycles. The van der Waals surface area contributed by atoms with E-state index in [0.29, 0.717) is 25.9 Å². The number of carbonyl (C=O) groups excluding carboxylic acids is 2. The summed E-state index contributed by atoms with van der Waals surface area (Å²) in [6.07, 6.45) is 1.67. The Kier molecular flexibility index (Phi) is 5.05. The standard InChI is InChI=1S/C12H15NO3/c1-2-16-12(15)8-5-10-3-6-11(7-4-10)13-9-14/h3-4,6-7,9H,2,5,8H2,1H3,(H,13,14). The van der Waals surface area contributed by atoms with Crippen molar-refractivity contribution in [3.8, 4) is 0 Å². The fourth-order valence-corrected chi connectivity index (χ4v) is 1.32. The van der Waals surface area contributed by atoms with Crippen LogP contribution in [-0.4, -0.2) is 19.0 Å². The maximum atomic E-state index is 11.1. The molecule has 0 aliphatic carbocycles. The molecule has 0 unspecified atom stereocenters. The van der Waals surface area contributed by atoms with Crippen LogP contribution in [0.3, 0.4) is 0 Å². The number of rotatable bonds is 6. The van der Waals surface area contributed by atoms with Crippen molar-refractivity contribution in [1.82, 2.24) is 0 Å². The van der Waals surface area contributed by atoms with Crippen LogP contribution in [0.2, 0.25) is 0 Å². The zero-order valence-corrected chi connectivity index (χ0v) is 9.23. The van der Waals surface area contributed by atoms with Gasteiger partial charge in [0.25, 0.3) is 0 Å². The van der Waals surface area contributed by atoms with Gasteiger partial charge in [0.2, 0.25) is 6.41 Å². The van der Waals surface area contributed by atoms with Crippen molar-refractivity contribution in [2.24, 2.45) is 0 Å². The van der Waals surface area contributed by atoms with Crippen molar-refractivity contribution in [2.45, 2.75) is 19.8 Å². The lowest BCUT2D eigenvalue weighted by Crippen LogP contribution is -2.05. The van der Waals surface area contributed by atoms with E-state index in [2.05, 4.69) is 5.32 Å². The monoisotopic (exact) mass is 221 g/mol. The Morgan fingerprint density at radius 2 is 2.06 bits per heavy atom. The molecule has 1 aromatic carbocycles. The Balaban J connectivity index is 2.42. The van der Waals surface area contributed by atoms with Gasteiger partial charge < -0.3 is 10.1 Å². The topological polar surface area (TPSA) is 55.4 Å². The lowest BCUT2D eigenvalue weighted by molar-refractivity contribution is -0.143. The van der Waals surface area contributed by atoms with Crippen LogP contribution in [0, 0.1) is 0 Å². The van der Waals surface area contributed by atoms with Crippen molar-refractivity contribution >= 4 is 18.1 Å². The van der Waals surface area contributed by atoms with Gasteiger partial charge in [-0.15, -0.1) is 0 Å². The van der Waals surface area contributed by atoms with Gasteiger partial charge in [0.15, 0.2) is 0 Å². The van der Waals surface area contributed by atoms with Gasteiger partial charge in [-0.1, -0.05) is 12.1 Å². The number of esters is 1. The molecule has 0 aromatic heterocycles. The highest BCUT2D eigenvalue weighted by atomic mass is 16.5. The number of anilines is 1. The molecular weight excluding hydrogens is 206 g/mol. The van der Waals surface area contributed by atoms with Crippen LogP contribution in [0.4, 0.5) is 5.69 Å². The molecule has 0 radical (unpaired) electrons. The van der Waals surface area contributed by atoms with E-state index in [1.165, 1.54) is 0 Å². The third-order valence-electron chi connectivity index (χ3n) is 2.10. The summed E-state index contributed by atoms with van der Waals surface area (Å²) in [6.45, 7) is 2.21. The maximum Gasteiger partial charge on any atom is 0.306 e. The van der Waals surface area contributed by atoms with Crippen LogP contribution in [0.5, 0.6) is 0 Å². The molecule has 0 atom stereocenters. The Bertz CT molecular complexity index is 346. The van der Waals surface area contributed by atoms with Gasteiger partial charge in [-0.25, -0.2) is 0 Å². The minimum Gasteiger partial charge on any atom is -0.466 e. The molecule has 0 bridgehead atoms. The number of nitrogens with one attached hydrogen (secondary N) is 1. The van der Waals surface area contributed by atoms with Crippen molar-refractivity contribution in [2.75, 3.05) is 11.9 Å². The molecule has 1 N–H and O–H groups in total. The summed E-state index contributed by atoms with van der Waals surface area (Å²) in [5.41, 5.74) is 1.79. The Labute approximate surface area is 94.6 Å². The van der Waals surface area contributed by atoms with E-state index in [1.54, 1.807) is 19.1 Å². The van der Waals surface area contributed by atoms with Gasteiger partial charge in [0, 0.05) is 12.1 Å². The average molecular weight is 221 g/mol. The zero-order valence-electron chi connectivity index (χ0n) is 9.23. The van der Waals surface area contributed by atoms with Gasteiger partial charge >= 0.3 is 5.97 Å². The van der Waals surface area contributed by atoms with Gasteiger partial charge in [-0.3, -0.25) is 9.59 Å². The van der Waals surface area contributed by atoms with Crippen molar-refractivity contribution in [1.29, 1.82) is 0 Å².